The number of benzene rings is 1. The molecule has 8 heteroatoms. The molecule has 2 rings (SSSR count). The molecule has 0 saturated heterocycles. The number of aromatic hydroxyl groups is 1. The second-order valence-electron chi connectivity index (χ2n) is 3.37. The van der Waals surface area contributed by atoms with Gasteiger partial charge in [-0.25, -0.2) is 9.55 Å². The first-order valence-electron chi connectivity index (χ1n) is 4.56. The molecule has 6 nitrogen and oxygen atoms in total. The van der Waals surface area contributed by atoms with Gasteiger partial charge in [-0.1, -0.05) is 11.3 Å². The summed E-state index contributed by atoms with van der Waals surface area (Å²) in [5, 5.41) is 9.63. The van der Waals surface area contributed by atoms with E-state index in [9.17, 15) is 9.67 Å². The van der Waals surface area contributed by atoms with Crippen LogP contribution in [0.25, 0.3) is 10.2 Å². The van der Waals surface area contributed by atoms with Crippen LogP contribution in [-0.2, 0) is 4.57 Å². The molecule has 0 bridgehead atoms. The molecule has 17 heavy (non-hydrogen) atoms. The predicted molar refractivity (Wildman–Crippen MR) is 64.2 cm³/mol. The molecular formula is C9H10NO5PS. The fourth-order valence-electron chi connectivity index (χ4n) is 1.27. The van der Waals surface area contributed by atoms with Gasteiger partial charge in [0.25, 0.3) is 5.19 Å². The summed E-state index contributed by atoms with van der Waals surface area (Å²) in [5.41, 5.74) is 0.483. The second kappa shape index (κ2) is 4.18. The van der Waals surface area contributed by atoms with Crippen LogP contribution in [0.2, 0.25) is 0 Å². The summed E-state index contributed by atoms with van der Waals surface area (Å²) in [6.07, 6.45) is 0. The lowest BCUT2D eigenvalue weighted by atomic mass is 10.3. The molecule has 0 amide bonds. The number of hydrogen-bond acceptors (Lipinski definition) is 6. The third-order valence-corrected chi connectivity index (χ3v) is 3.45. The summed E-state index contributed by atoms with van der Waals surface area (Å²) in [4.78, 5) is 13.1. The molecule has 1 aromatic carbocycles. The molecule has 1 unspecified atom stereocenters. The molecule has 0 radical (unpaired) electrons. The van der Waals surface area contributed by atoms with E-state index in [1.54, 1.807) is 6.07 Å². The van der Waals surface area contributed by atoms with Crippen molar-refractivity contribution in [2.24, 2.45) is 0 Å². The minimum Gasteiger partial charge on any atom is -0.504 e. The van der Waals surface area contributed by atoms with Gasteiger partial charge in [0, 0.05) is 18.8 Å². The maximum atomic E-state index is 11.1. The Bertz CT molecular complexity index is 605. The van der Waals surface area contributed by atoms with Crippen LogP contribution < -0.4 is 9.26 Å². The van der Waals surface area contributed by atoms with Crippen LogP contribution in [0.4, 0.5) is 0 Å². The zero-order valence-corrected chi connectivity index (χ0v) is 10.8. The van der Waals surface area contributed by atoms with Gasteiger partial charge in [-0.3, -0.25) is 0 Å². The van der Waals surface area contributed by atoms with E-state index in [1.165, 1.54) is 13.2 Å². The van der Waals surface area contributed by atoms with Crippen molar-refractivity contribution in [2.75, 3.05) is 13.8 Å². The average molecular weight is 275 g/mol. The number of phenols is 1. The van der Waals surface area contributed by atoms with Crippen LogP contribution in [-0.4, -0.2) is 28.8 Å². The van der Waals surface area contributed by atoms with Crippen molar-refractivity contribution in [2.45, 2.75) is 0 Å². The van der Waals surface area contributed by atoms with Crippen molar-refractivity contribution in [1.29, 1.82) is 0 Å². The summed E-state index contributed by atoms with van der Waals surface area (Å²) in [6.45, 7) is 1.08. The van der Waals surface area contributed by atoms with Crippen LogP contribution in [0.5, 0.6) is 16.7 Å². The maximum Gasteiger partial charge on any atom is 0.375 e. The van der Waals surface area contributed by atoms with Gasteiger partial charge < -0.3 is 19.3 Å². The highest BCUT2D eigenvalue weighted by Gasteiger charge is 2.16. The Kier molecular flexibility index (Phi) is 2.99. The molecule has 2 aromatic rings. The van der Waals surface area contributed by atoms with Gasteiger partial charge in [0.2, 0.25) is 0 Å². The van der Waals surface area contributed by atoms with Crippen LogP contribution >= 0.6 is 18.9 Å². The minimum absolute atomic E-state index is 0.0412. The Morgan fingerprint density at radius 1 is 1.47 bits per heavy atom. The second-order valence-corrected chi connectivity index (χ2v) is 6.15. The van der Waals surface area contributed by atoms with E-state index in [0.717, 1.165) is 18.0 Å². The molecule has 0 aliphatic heterocycles. The normalized spacial score (nSPS) is 14.5. The lowest BCUT2D eigenvalue weighted by Crippen LogP contribution is -1.87. The number of hydrogen-bond donors (Lipinski definition) is 2. The number of rotatable bonds is 3. The summed E-state index contributed by atoms with van der Waals surface area (Å²) < 4.78 is 21.5. The van der Waals surface area contributed by atoms with Gasteiger partial charge >= 0.3 is 7.60 Å². The van der Waals surface area contributed by atoms with Gasteiger partial charge in [-0.2, -0.15) is 0 Å². The Morgan fingerprint density at radius 3 is 2.76 bits per heavy atom. The molecule has 92 valence electrons. The van der Waals surface area contributed by atoms with Crippen molar-refractivity contribution in [1.82, 2.24) is 4.98 Å². The Morgan fingerprint density at radius 2 is 2.18 bits per heavy atom. The minimum atomic E-state index is -3.62. The van der Waals surface area contributed by atoms with Crippen LogP contribution in [0.3, 0.4) is 0 Å². The molecule has 1 atom stereocenters. The Hall–Kier alpha value is -1.30. The van der Waals surface area contributed by atoms with Crippen molar-refractivity contribution < 1.29 is 23.8 Å². The van der Waals surface area contributed by atoms with Crippen LogP contribution in [0.15, 0.2) is 12.1 Å². The van der Waals surface area contributed by atoms with E-state index in [4.69, 9.17) is 14.2 Å². The maximum absolute atomic E-state index is 11.1. The van der Waals surface area contributed by atoms with E-state index < -0.39 is 7.60 Å². The van der Waals surface area contributed by atoms with E-state index in [0.29, 0.717) is 16.0 Å². The molecule has 0 spiro atoms. The van der Waals surface area contributed by atoms with E-state index in [-0.39, 0.29) is 10.9 Å². The SMILES string of the molecule is COc1cc2sc(OP(C)(=O)O)nc2cc1O. The van der Waals surface area contributed by atoms with E-state index in [1.807, 2.05) is 0 Å². The summed E-state index contributed by atoms with van der Waals surface area (Å²) in [5.74, 6) is 0.275. The predicted octanol–water partition coefficient (Wildman–Crippen LogP) is 2.20. The highest BCUT2D eigenvalue weighted by molar-refractivity contribution is 7.52. The highest BCUT2D eigenvalue weighted by Crippen LogP contribution is 2.43. The average Bonchev–Trinajstić information content (AvgIpc) is 2.54. The molecule has 0 fully saturated rings. The first-order chi connectivity index (χ1) is 7.89. The molecule has 1 heterocycles. The third kappa shape index (κ3) is 2.69. The van der Waals surface area contributed by atoms with Gasteiger partial charge in [-0.15, -0.1) is 0 Å². The number of ether oxygens (including phenoxy) is 1. The molecular weight excluding hydrogens is 265 g/mol. The quantitative estimate of drug-likeness (QED) is 0.835. The van der Waals surface area contributed by atoms with E-state index >= 15 is 0 Å². The standard InChI is InChI=1S/C9H10NO5PS/c1-14-7-4-8-5(3-6(7)11)10-9(17-8)15-16(2,12)13/h3-4,11H,1-2H3,(H,12,13). The number of aromatic nitrogens is 1. The van der Waals surface area contributed by atoms with Crippen molar-refractivity contribution in [3.8, 4) is 16.7 Å². The highest BCUT2D eigenvalue weighted by atomic mass is 32.1. The zero-order valence-electron chi connectivity index (χ0n) is 9.08. The fraction of sp³-hybridized carbons (Fsp3) is 0.222. The van der Waals surface area contributed by atoms with Crippen molar-refractivity contribution >= 4 is 29.1 Å². The zero-order chi connectivity index (χ0) is 12.6. The summed E-state index contributed by atoms with van der Waals surface area (Å²) >= 11 is 1.11. The molecule has 2 N–H and O–H groups in total. The first-order valence-corrected chi connectivity index (χ1v) is 7.40. The number of phenolic OH excluding ortho intramolecular Hbond substituents is 1. The molecule has 0 aliphatic carbocycles. The number of nitrogens with zero attached hydrogens (tertiary/aromatic N) is 1. The lowest BCUT2D eigenvalue weighted by molar-refractivity contribution is 0.374. The fourth-order valence-corrected chi connectivity index (χ4v) is 2.87. The van der Waals surface area contributed by atoms with Crippen LogP contribution in [0, 0.1) is 0 Å². The smallest absolute Gasteiger partial charge is 0.375 e. The monoisotopic (exact) mass is 275 g/mol. The van der Waals surface area contributed by atoms with Crippen molar-refractivity contribution in [3.05, 3.63) is 12.1 Å². The van der Waals surface area contributed by atoms with Gasteiger partial charge in [0.1, 0.15) is 0 Å². The molecule has 0 aliphatic rings. The first kappa shape index (κ1) is 12.2. The van der Waals surface area contributed by atoms with Crippen molar-refractivity contribution in [3.63, 3.8) is 0 Å². The van der Waals surface area contributed by atoms with Gasteiger partial charge in [-0.05, 0) is 0 Å². The Balaban J connectivity index is 2.47. The van der Waals surface area contributed by atoms with E-state index in [2.05, 4.69) is 4.98 Å². The topological polar surface area (TPSA) is 88.9 Å². The molecule has 1 aromatic heterocycles. The largest absolute Gasteiger partial charge is 0.504 e. The lowest BCUT2D eigenvalue weighted by Gasteiger charge is -2.02. The number of methoxy groups -OCH3 is 1. The number of thiazole rings is 1. The summed E-state index contributed by atoms with van der Waals surface area (Å²) in [6, 6.07) is 3.00. The third-order valence-electron chi connectivity index (χ3n) is 1.92. The Labute approximate surface area is 101 Å². The summed E-state index contributed by atoms with van der Waals surface area (Å²) in [7, 11) is -2.18. The number of fused-ring (bicyclic) bond motifs is 1. The molecule has 0 saturated carbocycles. The van der Waals surface area contributed by atoms with Gasteiger partial charge in [0.05, 0.1) is 17.3 Å². The van der Waals surface area contributed by atoms with Gasteiger partial charge in [0.15, 0.2) is 11.5 Å². The van der Waals surface area contributed by atoms with Crippen LogP contribution in [0.1, 0.15) is 0 Å².